The predicted molar refractivity (Wildman–Crippen MR) is 90.3 cm³/mol. The fourth-order valence-electron chi connectivity index (χ4n) is 3.43. The molecule has 1 aromatic carbocycles. The Morgan fingerprint density at radius 1 is 1.05 bits per heavy atom. The monoisotopic (exact) mass is 340 g/mol. The van der Waals surface area contributed by atoms with Gasteiger partial charge >= 0.3 is 0 Å². The van der Waals surface area contributed by atoms with Gasteiger partial charge in [-0.15, -0.1) is 0 Å². The van der Waals surface area contributed by atoms with Crippen molar-refractivity contribution in [2.45, 2.75) is 32.2 Å². The maximum atomic E-state index is 12.4. The third-order valence-electron chi connectivity index (χ3n) is 4.74. The van der Waals surface area contributed by atoms with Crippen LogP contribution in [0.25, 0.3) is 0 Å². The van der Waals surface area contributed by atoms with Crippen LogP contribution in [0.3, 0.4) is 0 Å². The van der Waals surface area contributed by atoms with Crippen molar-refractivity contribution in [2.75, 3.05) is 26.2 Å². The Morgan fingerprint density at radius 3 is 2.36 bits per heavy atom. The number of carbonyl (C=O) groups is 1. The average molecular weight is 341 g/mol. The van der Waals surface area contributed by atoms with E-state index in [4.69, 9.17) is 23.2 Å². The summed E-state index contributed by atoms with van der Waals surface area (Å²) < 4.78 is 0. The molecule has 2 aliphatic heterocycles. The highest BCUT2D eigenvalue weighted by Crippen LogP contribution is 2.26. The zero-order valence-electron chi connectivity index (χ0n) is 12.7. The normalized spacial score (nSPS) is 20.5. The van der Waals surface area contributed by atoms with E-state index in [1.807, 2.05) is 18.2 Å². The van der Waals surface area contributed by atoms with E-state index in [-0.39, 0.29) is 5.92 Å². The lowest BCUT2D eigenvalue weighted by Crippen LogP contribution is -2.41. The smallest absolute Gasteiger partial charge is 0.225 e. The number of halogens is 2. The topological polar surface area (TPSA) is 23.6 Å². The van der Waals surface area contributed by atoms with Gasteiger partial charge in [0, 0.05) is 25.6 Å². The van der Waals surface area contributed by atoms with Crippen molar-refractivity contribution in [3.05, 3.63) is 33.8 Å². The van der Waals surface area contributed by atoms with Gasteiger partial charge in [0.15, 0.2) is 0 Å². The van der Waals surface area contributed by atoms with Crippen LogP contribution in [0, 0.1) is 5.92 Å². The summed E-state index contributed by atoms with van der Waals surface area (Å²) in [5, 5.41) is 1.21. The van der Waals surface area contributed by atoms with Crippen molar-refractivity contribution in [3.63, 3.8) is 0 Å². The molecule has 0 radical (unpaired) electrons. The van der Waals surface area contributed by atoms with Gasteiger partial charge < -0.3 is 4.90 Å². The quantitative estimate of drug-likeness (QED) is 0.834. The summed E-state index contributed by atoms with van der Waals surface area (Å²) in [6.07, 6.45) is 4.27. The van der Waals surface area contributed by atoms with Gasteiger partial charge in [0.2, 0.25) is 5.91 Å². The Morgan fingerprint density at radius 2 is 1.73 bits per heavy atom. The minimum absolute atomic E-state index is 0.225. The van der Waals surface area contributed by atoms with Crippen molar-refractivity contribution < 1.29 is 4.79 Å². The van der Waals surface area contributed by atoms with Gasteiger partial charge in [-0.3, -0.25) is 9.69 Å². The van der Waals surface area contributed by atoms with Gasteiger partial charge in [-0.05, 0) is 56.5 Å². The number of carbonyl (C=O) groups excluding carboxylic acids is 1. The van der Waals surface area contributed by atoms with Crippen molar-refractivity contribution >= 4 is 29.1 Å². The van der Waals surface area contributed by atoms with Crippen LogP contribution in [0.15, 0.2) is 18.2 Å². The molecule has 2 heterocycles. The van der Waals surface area contributed by atoms with Crippen LogP contribution in [0.2, 0.25) is 10.0 Å². The molecule has 0 saturated carbocycles. The summed E-state index contributed by atoms with van der Waals surface area (Å²) in [7, 11) is 0. The van der Waals surface area contributed by atoms with E-state index < -0.39 is 0 Å². The standard InChI is InChI=1S/C17H22Cl2N2O/c18-15-4-3-13(11-16(15)19)12-20-9-5-14(6-10-20)17(22)21-7-1-2-8-21/h3-4,11,14H,1-2,5-10,12H2. The van der Waals surface area contributed by atoms with Gasteiger partial charge in [0.1, 0.15) is 0 Å². The van der Waals surface area contributed by atoms with Gasteiger partial charge in [-0.25, -0.2) is 0 Å². The summed E-state index contributed by atoms with van der Waals surface area (Å²) in [5.74, 6) is 0.606. The Hall–Kier alpha value is -0.770. The van der Waals surface area contributed by atoms with Crippen molar-refractivity contribution in [2.24, 2.45) is 5.92 Å². The van der Waals surface area contributed by atoms with E-state index in [9.17, 15) is 4.79 Å². The summed E-state index contributed by atoms with van der Waals surface area (Å²) in [6, 6.07) is 5.81. The molecule has 1 aromatic rings. The Balaban J connectivity index is 1.51. The number of hydrogen-bond acceptors (Lipinski definition) is 2. The van der Waals surface area contributed by atoms with Gasteiger partial charge in [-0.1, -0.05) is 29.3 Å². The number of benzene rings is 1. The lowest BCUT2D eigenvalue weighted by atomic mass is 9.95. The van der Waals surface area contributed by atoms with Crippen molar-refractivity contribution in [1.29, 1.82) is 0 Å². The second-order valence-corrected chi connectivity index (χ2v) is 7.15. The van der Waals surface area contributed by atoms with E-state index in [1.165, 1.54) is 18.4 Å². The summed E-state index contributed by atoms with van der Waals surface area (Å²) >= 11 is 12.0. The van der Waals surface area contributed by atoms with E-state index in [2.05, 4.69) is 9.80 Å². The van der Waals surface area contributed by atoms with Crippen LogP contribution in [0.1, 0.15) is 31.2 Å². The third kappa shape index (κ3) is 3.76. The molecule has 3 rings (SSSR count). The lowest BCUT2D eigenvalue weighted by Gasteiger charge is -2.33. The van der Waals surface area contributed by atoms with Crippen LogP contribution in [0.4, 0.5) is 0 Å². The number of rotatable bonds is 3. The molecule has 22 heavy (non-hydrogen) atoms. The maximum Gasteiger partial charge on any atom is 0.225 e. The van der Waals surface area contributed by atoms with Crippen LogP contribution < -0.4 is 0 Å². The molecule has 0 unspecified atom stereocenters. The molecule has 2 fully saturated rings. The second kappa shape index (κ2) is 7.20. The molecular weight excluding hydrogens is 319 g/mol. The molecule has 2 saturated heterocycles. The van der Waals surface area contributed by atoms with E-state index in [0.29, 0.717) is 16.0 Å². The predicted octanol–water partition coefficient (Wildman–Crippen LogP) is 3.83. The summed E-state index contributed by atoms with van der Waals surface area (Å²) in [6.45, 7) is 4.75. The first-order valence-corrected chi connectivity index (χ1v) is 8.84. The molecule has 5 heteroatoms. The SMILES string of the molecule is O=C(C1CCN(Cc2ccc(Cl)c(Cl)c2)CC1)N1CCCC1. The number of nitrogens with zero attached hydrogens (tertiary/aromatic N) is 2. The van der Waals surface area contributed by atoms with Gasteiger partial charge in [0.05, 0.1) is 10.0 Å². The highest BCUT2D eigenvalue weighted by Gasteiger charge is 2.29. The number of piperidine rings is 1. The molecule has 1 amide bonds. The van der Waals surface area contributed by atoms with Crippen molar-refractivity contribution in [1.82, 2.24) is 9.80 Å². The van der Waals surface area contributed by atoms with Crippen LogP contribution >= 0.6 is 23.2 Å². The molecule has 3 nitrogen and oxygen atoms in total. The summed E-state index contributed by atoms with van der Waals surface area (Å²) in [5.41, 5.74) is 1.18. The highest BCUT2D eigenvalue weighted by molar-refractivity contribution is 6.42. The molecule has 0 spiro atoms. The number of amides is 1. The fraction of sp³-hybridized carbons (Fsp3) is 0.588. The average Bonchev–Trinajstić information content (AvgIpc) is 3.05. The minimum Gasteiger partial charge on any atom is -0.342 e. The van der Waals surface area contributed by atoms with Crippen LogP contribution in [-0.4, -0.2) is 41.9 Å². The summed E-state index contributed by atoms with van der Waals surface area (Å²) in [4.78, 5) is 16.9. The first kappa shape index (κ1) is 16.1. The zero-order chi connectivity index (χ0) is 15.5. The van der Waals surface area contributed by atoms with E-state index >= 15 is 0 Å². The minimum atomic E-state index is 0.225. The first-order chi connectivity index (χ1) is 10.6. The molecule has 0 N–H and O–H groups in total. The molecule has 0 atom stereocenters. The molecule has 0 bridgehead atoms. The van der Waals surface area contributed by atoms with Crippen molar-refractivity contribution in [3.8, 4) is 0 Å². The highest BCUT2D eigenvalue weighted by atomic mass is 35.5. The Kier molecular flexibility index (Phi) is 5.27. The van der Waals surface area contributed by atoms with Crippen LogP contribution in [-0.2, 0) is 11.3 Å². The van der Waals surface area contributed by atoms with Gasteiger partial charge in [0.25, 0.3) is 0 Å². The number of likely N-dealkylation sites (tertiary alicyclic amines) is 2. The molecule has 120 valence electrons. The second-order valence-electron chi connectivity index (χ2n) is 6.33. The maximum absolute atomic E-state index is 12.4. The Labute approximate surface area is 142 Å². The molecule has 0 aliphatic carbocycles. The molecule has 2 aliphatic rings. The molecule has 0 aromatic heterocycles. The van der Waals surface area contributed by atoms with E-state index in [0.717, 1.165) is 45.6 Å². The lowest BCUT2D eigenvalue weighted by molar-refractivity contribution is -0.136. The van der Waals surface area contributed by atoms with Crippen LogP contribution in [0.5, 0.6) is 0 Å². The number of hydrogen-bond donors (Lipinski definition) is 0. The first-order valence-electron chi connectivity index (χ1n) is 8.08. The largest absolute Gasteiger partial charge is 0.342 e. The van der Waals surface area contributed by atoms with Gasteiger partial charge in [-0.2, -0.15) is 0 Å². The fourth-order valence-corrected chi connectivity index (χ4v) is 3.75. The zero-order valence-corrected chi connectivity index (χ0v) is 14.2. The van der Waals surface area contributed by atoms with E-state index in [1.54, 1.807) is 0 Å². The Bertz CT molecular complexity index is 535. The molecular formula is C17H22Cl2N2O. The third-order valence-corrected chi connectivity index (χ3v) is 5.48.